The van der Waals surface area contributed by atoms with Gasteiger partial charge < -0.3 is 15.0 Å². The number of rotatable bonds is 6. The van der Waals surface area contributed by atoms with Crippen molar-refractivity contribution in [1.29, 1.82) is 0 Å². The molecule has 5 nitrogen and oxygen atoms in total. The number of nitrogens with zero attached hydrogens (tertiary/aromatic N) is 1. The molecule has 0 aromatic heterocycles. The van der Waals surface area contributed by atoms with Gasteiger partial charge in [-0.1, -0.05) is 36.4 Å². The van der Waals surface area contributed by atoms with Gasteiger partial charge in [0.25, 0.3) is 0 Å². The number of thiocarbonyl (C=S) groups is 1. The highest BCUT2D eigenvalue weighted by molar-refractivity contribution is 7.80. The van der Waals surface area contributed by atoms with E-state index in [1.165, 1.54) is 22.3 Å². The molecule has 0 amide bonds. The lowest BCUT2D eigenvalue weighted by atomic mass is 10.0. The van der Waals surface area contributed by atoms with E-state index < -0.39 is 0 Å². The molecule has 0 radical (unpaired) electrons. The summed E-state index contributed by atoms with van der Waals surface area (Å²) in [5.74, 6) is 0. The lowest BCUT2D eigenvalue weighted by Crippen LogP contribution is -3.14. The molecule has 4 rings (SSSR count). The Bertz CT molecular complexity index is 906. The van der Waals surface area contributed by atoms with Gasteiger partial charge in [0, 0.05) is 13.0 Å². The zero-order chi connectivity index (χ0) is 20.1. The van der Waals surface area contributed by atoms with E-state index in [4.69, 9.17) is 17.0 Å². The summed E-state index contributed by atoms with van der Waals surface area (Å²) >= 11 is 5.36. The van der Waals surface area contributed by atoms with E-state index in [1.807, 2.05) is 6.92 Å². The van der Waals surface area contributed by atoms with Crippen molar-refractivity contribution in [2.24, 2.45) is 5.10 Å². The van der Waals surface area contributed by atoms with Crippen LogP contribution in [-0.2, 0) is 11.2 Å². The van der Waals surface area contributed by atoms with E-state index in [0.29, 0.717) is 5.11 Å². The molecule has 1 saturated heterocycles. The number of hydrogen-bond acceptors (Lipinski definition) is 3. The van der Waals surface area contributed by atoms with E-state index in [-0.39, 0.29) is 0 Å². The highest BCUT2D eigenvalue weighted by Gasteiger charge is 2.18. The van der Waals surface area contributed by atoms with Crippen LogP contribution >= 0.6 is 12.2 Å². The Morgan fingerprint density at radius 1 is 1.10 bits per heavy atom. The first-order valence-electron chi connectivity index (χ1n) is 10.4. The topological polar surface area (TPSA) is 50.1 Å². The number of fused-ring (bicyclic) bond motifs is 3. The molecule has 29 heavy (non-hydrogen) atoms. The summed E-state index contributed by atoms with van der Waals surface area (Å²) in [6, 6.07) is 15.2. The van der Waals surface area contributed by atoms with Crippen LogP contribution < -0.4 is 15.6 Å². The molecule has 0 spiro atoms. The van der Waals surface area contributed by atoms with Crippen LogP contribution in [0.2, 0.25) is 0 Å². The maximum absolute atomic E-state index is 5.39. The van der Waals surface area contributed by atoms with Crippen molar-refractivity contribution >= 4 is 23.0 Å². The highest BCUT2D eigenvalue weighted by Crippen LogP contribution is 2.36. The fourth-order valence-corrected chi connectivity index (χ4v) is 4.21. The van der Waals surface area contributed by atoms with Gasteiger partial charge in [0.15, 0.2) is 5.11 Å². The van der Waals surface area contributed by atoms with Crippen LogP contribution in [0.25, 0.3) is 11.1 Å². The number of hydrogen-bond donors (Lipinski definition) is 3. The van der Waals surface area contributed by atoms with Gasteiger partial charge >= 0.3 is 0 Å². The first kappa shape index (κ1) is 20.0. The van der Waals surface area contributed by atoms with E-state index in [2.05, 4.69) is 58.3 Å². The Hall–Kier alpha value is -2.28. The summed E-state index contributed by atoms with van der Waals surface area (Å²) in [5, 5.41) is 8.31. The van der Waals surface area contributed by atoms with Crippen LogP contribution in [0.1, 0.15) is 30.0 Å². The average molecular weight is 410 g/mol. The summed E-state index contributed by atoms with van der Waals surface area (Å²) in [6.45, 7) is 8.01. The van der Waals surface area contributed by atoms with E-state index in [1.54, 1.807) is 4.90 Å². The molecule has 0 atom stereocenters. The maximum Gasteiger partial charge on any atom is 0.186 e. The summed E-state index contributed by atoms with van der Waals surface area (Å²) in [7, 11) is 0. The first-order chi connectivity index (χ1) is 14.2. The molecule has 2 aromatic carbocycles. The van der Waals surface area contributed by atoms with Crippen LogP contribution in [-0.4, -0.2) is 50.2 Å². The number of ether oxygens (including phenoxy) is 1. The zero-order valence-corrected chi connectivity index (χ0v) is 17.8. The fraction of sp³-hybridized carbons (Fsp3) is 0.391. The van der Waals surface area contributed by atoms with Crippen molar-refractivity contribution in [3.8, 4) is 11.1 Å². The molecule has 0 unspecified atom stereocenters. The smallest absolute Gasteiger partial charge is 0.186 e. The monoisotopic (exact) mass is 409 g/mol. The summed E-state index contributed by atoms with van der Waals surface area (Å²) < 4.78 is 5.39. The number of nitrogens with one attached hydrogen (secondary N) is 3. The van der Waals surface area contributed by atoms with Gasteiger partial charge in [-0.15, -0.1) is 0 Å². The molecular formula is C23H29N4OS+. The molecule has 0 bridgehead atoms. The largest absolute Gasteiger partial charge is 0.370 e. The van der Waals surface area contributed by atoms with Gasteiger partial charge in [0.05, 0.1) is 25.5 Å². The molecule has 2 aromatic rings. The molecule has 1 fully saturated rings. The minimum atomic E-state index is 0.579. The van der Waals surface area contributed by atoms with Crippen molar-refractivity contribution in [2.75, 3.05) is 39.4 Å². The van der Waals surface area contributed by atoms with Gasteiger partial charge in [-0.2, -0.15) is 5.10 Å². The van der Waals surface area contributed by atoms with Crippen molar-refractivity contribution in [1.82, 2.24) is 10.7 Å². The van der Waals surface area contributed by atoms with Crippen LogP contribution in [0.4, 0.5) is 0 Å². The van der Waals surface area contributed by atoms with Crippen LogP contribution in [0.3, 0.4) is 0 Å². The minimum absolute atomic E-state index is 0.579. The molecule has 0 saturated carbocycles. The minimum Gasteiger partial charge on any atom is -0.370 e. The van der Waals surface area contributed by atoms with Crippen LogP contribution in [0, 0.1) is 0 Å². The number of benzene rings is 2. The van der Waals surface area contributed by atoms with E-state index in [9.17, 15) is 0 Å². The van der Waals surface area contributed by atoms with E-state index in [0.717, 1.165) is 63.5 Å². The lowest BCUT2D eigenvalue weighted by molar-refractivity contribution is -0.908. The molecule has 1 heterocycles. The summed E-state index contributed by atoms with van der Waals surface area (Å²) in [4.78, 5) is 1.62. The van der Waals surface area contributed by atoms with Gasteiger partial charge in [0.1, 0.15) is 13.1 Å². The Morgan fingerprint density at radius 2 is 1.90 bits per heavy atom. The third kappa shape index (κ3) is 5.01. The van der Waals surface area contributed by atoms with E-state index >= 15 is 0 Å². The average Bonchev–Trinajstić information content (AvgIpc) is 3.13. The zero-order valence-electron chi connectivity index (χ0n) is 17.0. The highest BCUT2D eigenvalue weighted by atomic mass is 32.1. The third-order valence-corrected chi connectivity index (χ3v) is 5.96. The second-order valence-electron chi connectivity index (χ2n) is 7.74. The second-order valence-corrected chi connectivity index (χ2v) is 8.14. The van der Waals surface area contributed by atoms with Crippen LogP contribution in [0.5, 0.6) is 0 Å². The number of hydrazone groups is 1. The Morgan fingerprint density at radius 3 is 2.76 bits per heavy atom. The predicted molar refractivity (Wildman–Crippen MR) is 122 cm³/mol. The van der Waals surface area contributed by atoms with Crippen molar-refractivity contribution < 1.29 is 9.64 Å². The quantitative estimate of drug-likeness (QED) is 0.251. The summed E-state index contributed by atoms with van der Waals surface area (Å²) in [5.41, 5.74) is 10.5. The van der Waals surface area contributed by atoms with Crippen molar-refractivity contribution in [2.45, 2.75) is 19.8 Å². The van der Waals surface area contributed by atoms with Crippen LogP contribution in [0.15, 0.2) is 47.6 Å². The lowest BCUT2D eigenvalue weighted by Gasteiger charge is -2.23. The van der Waals surface area contributed by atoms with Gasteiger partial charge in [-0.25, -0.2) is 0 Å². The predicted octanol–water partition coefficient (Wildman–Crippen LogP) is 1.75. The SMILES string of the molecule is C/C(=N/NC(=S)NCCC[NH+]1CCOCC1)c1ccc2c(c1)Cc1ccccc1-2. The standard InChI is InChI=1S/C23H28N4OS/c1-17(25-26-23(29)24-9-4-10-27-11-13-28-14-12-27)18-7-8-22-20(15-18)16-19-5-2-3-6-21(19)22/h2-3,5-8,15H,4,9-14,16H2,1H3,(H2,24,26,29)/p+1/b25-17-. The fourth-order valence-electron chi connectivity index (χ4n) is 4.06. The molecular weight excluding hydrogens is 380 g/mol. The molecule has 1 aliphatic carbocycles. The van der Waals surface area contributed by atoms with Crippen molar-refractivity contribution in [3.63, 3.8) is 0 Å². The Kier molecular flexibility index (Phi) is 6.54. The summed E-state index contributed by atoms with van der Waals surface area (Å²) in [6.07, 6.45) is 2.08. The Balaban J connectivity index is 1.26. The normalized spacial score (nSPS) is 16.2. The Labute approximate surface area is 178 Å². The third-order valence-electron chi connectivity index (χ3n) is 5.73. The molecule has 3 N–H and O–H groups in total. The molecule has 2 aliphatic rings. The van der Waals surface area contributed by atoms with Gasteiger partial charge in [0.2, 0.25) is 0 Å². The molecule has 1 aliphatic heterocycles. The first-order valence-corrected chi connectivity index (χ1v) is 10.8. The molecule has 152 valence electrons. The number of morpholine rings is 1. The van der Waals surface area contributed by atoms with Gasteiger partial charge in [-0.05, 0) is 59.4 Å². The number of quaternary nitrogens is 1. The molecule has 6 heteroatoms. The second kappa shape index (κ2) is 9.48. The maximum atomic E-state index is 5.39. The van der Waals surface area contributed by atoms with Gasteiger partial charge in [-0.3, -0.25) is 5.43 Å². The van der Waals surface area contributed by atoms with Crippen molar-refractivity contribution in [3.05, 3.63) is 59.2 Å².